The van der Waals surface area contributed by atoms with Crippen LogP contribution in [0.5, 0.6) is 0 Å². The first-order valence-corrected chi connectivity index (χ1v) is 29.9. The molecule has 0 amide bonds. The van der Waals surface area contributed by atoms with E-state index >= 15 is 0 Å². The van der Waals surface area contributed by atoms with Gasteiger partial charge in [-0.3, -0.25) is 9.59 Å². The molecule has 2 unspecified atom stereocenters. The minimum Gasteiger partial charge on any atom is -0.477 e. The number of carboxylic acids is 1. The van der Waals surface area contributed by atoms with E-state index in [1.807, 2.05) is 21.1 Å². The fourth-order valence-corrected chi connectivity index (χ4v) is 9.24. The fourth-order valence-electron chi connectivity index (χ4n) is 9.24. The predicted octanol–water partition coefficient (Wildman–Crippen LogP) is 17.9. The lowest BCUT2D eigenvalue weighted by molar-refractivity contribution is -0.887. The van der Waals surface area contributed by atoms with Crippen LogP contribution in [0.25, 0.3) is 0 Å². The topological polar surface area (TPSA) is 99.1 Å². The summed E-state index contributed by atoms with van der Waals surface area (Å²) in [6, 6.07) is -0.614. The Labute approximate surface area is 428 Å². The third kappa shape index (κ3) is 50.5. The molecule has 69 heavy (non-hydrogen) atoms. The number of carbonyl (C=O) groups excluding carboxylic acids is 2. The summed E-state index contributed by atoms with van der Waals surface area (Å²) < 4.78 is 17.4. The lowest BCUT2D eigenvalue weighted by Crippen LogP contribution is -2.50. The van der Waals surface area contributed by atoms with Crippen molar-refractivity contribution in [3.05, 3.63) is 24.3 Å². The number of esters is 2. The van der Waals surface area contributed by atoms with Gasteiger partial charge >= 0.3 is 17.9 Å². The highest BCUT2D eigenvalue weighted by Crippen LogP contribution is 2.17. The van der Waals surface area contributed by atoms with E-state index in [2.05, 4.69) is 38.2 Å². The van der Waals surface area contributed by atoms with Gasteiger partial charge in [0.2, 0.25) is 0 Å². The summed E-state index contributed by atoms with van der Waals surface area (Å²) in [4.78, 5) is 37.3. The van der Waals surface area contributed by atoms with Crippen LogP contribution in [0.15, 0.2) is 24.3 Å². The molecule has 0 aromatic carbocycles. The highest BCUT2D eigenvalue weighted by atomic mass is 16.6. The van der Waals surface area contributed by atoms with Crippen LogP contribution in [0.2, 0.25) is 0 Å². The Morgan fingerprint density at radius 3 is 1.12 bits per heavy atom. The molecule has 0 aliphatic rings. The maximum absolute atomic E-state index is 12.9. The van der Waals surface area contributed by atoms with Crippen LogP contribution in [0.1, 0.15) is 296 Å². The molecular weight excluding hydrogens is 859 g/mol. The molecule has 0 aliphatic carbocycles. The van der Waals surface area contributed by atoms with Crippen LogP contribution >= 0.6 is 0 Å². The predicted molar refractivity (Wildman–Crippen MR) is 294 cm³/mol. The van der Waals surface area contributed by atoms with Gasteiger partial charge in [-0.25, -0.2) is 4.79 Å². The summed E-state index contributed by atoms with van der Waals surface area (Å²) in [7, 11) is 5.55. The van der Waals surface area contributed by atoms with Crippen LogP contribution in [0.4, 0.5) is 0 Å². The number of allylic oxidation sites excluding steroid dienone is 4. The average Bonchev–Trinajstić information content (AvgIpc) is 3.31. The van der Waals surface area contributed by atoms with E-state index in [4.69, 9.17) is 14.2 Å². The van der Waals surface area contributed by atoms with Crippen LogP contribution in [0, 0.1) is 0 Å². The van der Waals surface area contributed by atoms with Gasteiger partial charge in [0.15, 0.2) is 12.1 Å². The molecule has 0 fully saturated rings. The summed E-state index contributed by atoms with van der Waals surface area (Å²) in [5.74, 6) is -1.45. The van der Waals surface area contributed by atoms with Crippen molar-refractivity contribution >= 4 is 17.9 Å². The number of rotatable bonds is 55. The van der Waals surface area contributed by atoms with E-state index in [0.717, 1.165) is 51.4 Å². The van der Waals surface area contributed by atoms with Crippen molar-refractivity contribution in [3.63, 3.8) is 0 Å². The number of quaternary nitrogens is 1. The number of likely N-dealkylation sites (N-methyl/N-ethyl adjacent to an activating group) is 1. The number of hydrogen-bond donors (Lipinski definition) is 1. The number of aliphatic carboxylic acids is 1. The Morgan fingerprint density at radius 1 is 0.435 bits per heavy atom. The van der Waals surface area contributed by atoms with E-state index in [-0.39, 0.29) is 36.2 Å². The molecule has 0 aromatic rings. The zero-order chi connectivity index (χ0) is 50.6. The molecule has 8 heteroatoms. The Balaban J connectivity index is 4.13. The SMILES string of the molecule is CCCCCCCCCC/C=C/C/C=C/CCCCCCCCCC(=O)OCC(COCCC(C(=O)O)[N+](C)(C)C)OC(=O)CCCCCCCCCCCCCCCCCCCCCCCCC. The van der Waals surface area contributed by atoms with Gasteiger partial charge < -0.3 is 23.8 Å². The van der Waals surface area contributed by atoms with Crippen LogP contribution in [-0.2, 0) is 28.6 Å². The first-order chi connectivity index (χ1) is 33.6. The van der Waals surface area contributed by atoms with Gasteiger partial charge in [0.05, 0.1) is 34.4 Å². The molecule has 0 radical (unpaired) electrons. The molecule has 0 spiro atoms. The van der Waals surface area contributed by atoms with E-state index in [1.165, 1.54) is 212 Å². The fraction of sp³-hybridized carbons (Fsp3) is 0.885. The molecule has 0 saturated carbocycles. The van der Waals surface area contributed by atoms with Crippen molar-refractivity contribution in [2.24, 2.45) is 0 Å². The van der Waals surface area contributed by atoms with Crippen molar-refractivity contribution in [3.8, 4) is 0 Å². The number of carboxylic acid groups (broad SMARTS) is 1. The van der Waals surface area contributed by atoms with Gasteiger partial charge in [-0.15, -0.1) is 0 Å². The second kappa shape index (κ2) is 52.1. The standard InChI is InChI=1S/C61H115NO7/c1-6-8-10-12-14-16-18-20-22-24-26-28-30-32-34-36-38-40-42-44-46-48-50-52-60(64)69-57(55-67-54-53-58(61(65)66)62(3,4)5)56-68-59(63)51-49-47-45-43-41-39-37-35-33-31-29-27-25-23-21-19-17-15-13-11-9-7-2/h25,27,31,33,57-58H,6-24,26,28-30,32,34-56H2,1-5H3/p+1/b27-25+,33-31+. The van der Waals surface area contributed by atoms with E-state index in [0.29, 0.717) is 19.3 Å². The second-order valence-corrected chi connectivity index (χ2v) is 21.6. The number of ether oxygens (including phenoxy) is 3. The zero-order valence-corrected chi connectivity index (χ0v) is 46.5. The molecule has 0 heterocycles. The molecular formula is C61H116NO7+. The zero-order valence-electron chi connectivity index (χ0n) is 46.5. The number of carbonyl (C=O) groups is 3. The summed E-state index contributed by atoms with van der Waals surface area (Å²) in [5.41, 5.74) is 0. The average molecular weight is 976 g/mol. The molecule has 406 valence electrons. The highest BCUT2D eigenvalue weighted by Gasteiger charge is 2.31. The minimum absolute atomic E-state index is 0.0499. The smallest absolute Gasteiger partial charge is 0.362 e. The Hall–Kier alpha value is -2.19. The van der Waals surface area contributed by atoms with Gasteiger partial charge in [-0.2, -0.15) is 0 Å². The van der Waals surface area contributed by atoms with Crippen molar-refractivity contribution in [2.45, 2.75) is 309 Å². The summed E-state index contributed by atoms with van der Waals surface area (Å²) in [6.45, 7) is 4.79. The third-order valence-electron chi connectivity index (χ3n) is 13.9. The molecule has 0 rings (SSSR count). The molecule has 0 aromatic heterocycles. The van der Waals surface area contributed by atoms with E-state index in [9.17, 15) is 19.5 Å². The Morgan fingerprint density at radius 2 is 0.768 bits per heavy atom. The van der Waals surface area contributed by atoms with Gasteiger partial charge in [0, 0.05) is 19.3 Å². The molecule has 8 nitrogen and oxygen atoms in total. The molecule has 0 aliphatic heterocycles. The third-order valence-corrected chi connectivity index (χ3v) is 13.9. The van der Waals surface area contributed by atoms with Crippen molar-refractivity contribution in [2.75, 3.05) is 41.0 Å². The van der Waals surface area contributed by atoms with Gasteiger partial charge in [-0.1, -0.05) is 256 Å². The number of nitrogens with zero attached hydrogens (tertiary/aromatic N) is 1. The lowest BCUT2D eigenvalue weighted by atomic mass is 10.0. The Kier molecular flexibility index (Phi) is 50.5. The van der Waals surface area contributed by atoms with Crippen LogP contribution in [-0.4, -0.2) is 80.6 Å². The first kappa shape index (κ1) is 66.8. The first-order valence-electron chi connectivity index (χ1n) is 29.9. The van der Waals surface area contributed by atoms with Gasteiger partial charge in [-0.05, 0) is 44.9 Å². The van der Waals surface area contributed by atoms with Crippen LogP contribution < -0.4 is 0 Å². The second-order valence-electron chi connectivity index (χ2n) is 21.6. The van der Waals surface area contributed by atoms with Crippen molar-refractivity contribution in [1.82, 2.24) is 0 Å². The largest absolute Gasteiger partial charge is 0.477 e. The Bertz CT molecular complexity index is 1180. The quantitative estimate of drug-likeness (QED) is 0.0280. The summed E-state index contributed by atoms with van der Waals surface area (Å²) in [5, 5.41) is 9.68. The molecule has 1 N–H and O–H groups in total. The van der Waals surface area contributed by atoms with Gasteiger partial charge in [0.25, 0.3) is 0 Å². The summed E-state index contributed by atoms with van der Waals surface area (Å²) in [6.07, 6.45) is 62.5. The van der Waals surface area contributed by atoms with Crippen molar-refractivity contribution < 1.29 is 38.2 Å². The van der Waals surface area contributed by atoms with Crippen LogP contribution in [0.3, 0.4) is 0 Å². The van der Waals surface area contributed by atoms with Crippen molar-refractivity contribution in [1.29, 1.82) is 0 Å². The van der Waals surface area contributed by atoms with E-state index < -0.39 is 18.1 Å². The minimum atomic E-state index is -0.871. The number of hydrogen-bond acceptors (Lipinski definition) is 6. The molecule has 0 saturated heterocycles. The van der Waals surface area contributed by atoms with Gasteiger partial charge in [0.1, 0.15) is 6.61 Å². The number of unbranched alkanes of at least 4 members (excludes halogenated alkanes) is 37. The molecule has 2 atom stereocenters. The maximum Gasteiger partial charge on any atom is 0.362 e. The van der Waals surface area contributed by atoms with E-state index in [1.54, 1.807) is 0 Å². The lowest BCUT2D eigenvalue weighted by Gasteiger charge is -2.31. The maximum atomic E-state index is 12.9. The normalized spacial score (nSPS) is 12.9. The summed E-state index contributed by atoms with van der Waals surface area (Å²) >= 11 is 0. The monoisotopic (exact) mass is 975 g/mol. The molecule has 0 bridgehead atoms. The highest BCUT2D eigenvalue weighted by molar-refractivity contribution is 5.72.